The number of hydrogen-bond donors (Lipinski definition) is 3. The van der Waals surface area contributed by atoms with E-state index in [0.717, 1.165) is 24.0 Å². The van der Waals surface area contributed by atoms with Gasteiger partial charge < -0.3 is 10.7 Å². The lowest BCUT2D eigenvalue weighted by Crippen LogP contribution is -2.13. The molecule has 4 N–H and O–H groups in total. The van der Waals surface area contributed by atoms with Crippen LogP contribution in [0.4, 0.5) is 21.7 Å². The predicted octanol–water partition coefficient (Wildman–Crippen LogP) is 2.91. The zero-order valence-corrected chi connectivity index (χ0v) is 11.6. The topological polar surface area (TPSA) is 75.9 Å². The van der Waals surface area contributed by atoms with Crippen molar-refractivity contribution in [3.8, 4) is 0 Å². The summed E-state index contributed by atoms with van der Waals surface area (Å²) in [5.41, 5.74) is 5.08. The number of hydrazine groups is 1. The fourth-order valence-electron chi connectivity index (χ4n) is 1.99. The van der Waals surface area contributed by atoms with Crippen LogP contribution < -0.4 is 16.6 Å². The number of halogens is 1. The van der Waals surface area contributed by atoms with Crippen molar-refractivity contribution < 1.29 is 4.39 Å². The molecule has 1 heterocycles. The fourth-order valence-corrected chi connectivity index (χ4v) is 1.99. The first-order chi connectivity index (χ1) is 9.65. The van der Waals surface area contributed by atoms with E-state index in [0.29, 0.717) is 17.3 Å². The molecule has 0 amide bonds. The van der Waals surface area contributed by atoms with Crippen LogP contribution in [0.15, 0.2) is 24.5 Å². The Bertz CT molecular complexity index is 600. The monoisotopic (exact) mass is 275 g/mol. The highest BCUT2D eigenvalue weighted by molar-refractivity contribution is 5.66. The highest BCUT2D eigenvalue weighted by Gasteiger charge is 2.11. The number of benzene rings is 1. The Labute approximate surface area is 117 Å². The van der Waals surface area contributed by atoms with E-state index in [2.05, 4.69) is 27.6 Å². The molecule has 1 aromatic carbocycles. The molecule has 0 saturated heterocycles. The second kappa shape index (κ2) is 6.29. The van der Waals surface area contributed by atoms with Crippen LogP contribution >= 0.6 is 0 Å². The molecule has 2 aromatic rings. The third kappa shape index (κ3) is 3.03. The van der Waals surface area contributed by atoms with Gasteiger partial charge in [-0.3, -0.25) is 0 Å². The molecule has 0 aliphatic rings. The van der Waals surface area contributed by atoms with E-state index in [-0.39, 0.29) is 5.82 Å². The molecule has 2 rings (SSSR count). The van der Waals surface area contributed by atoms with Crippen LogP contribution in [0.3, 0.4) is 0 Å². The van der Waals surface area contributed by atoms with E-state index in [1.54, 1.807) is 6.07 Å². The van der Waals surface area contributed by atoms with E-state index in [9.17, 15) is 4.39 Å². The summed E-state index contributed by atoms with van der Waals surface area (Å²) in [6.45, 7) is 3.97. The standard InChI is InChI=1S/C14H18FN5/c1-3-4-11-13(17-8-18-14(11)20-16)19-12-7-10(15)6-5-9(12)2/h5-8H,3-4,16H2,1-2H3,(H2,17,18,19,20). The number of hydrogen-bond acceptors (Lipinski definition) is 5. The molecule has 6 heteroatoms. The molecular weight excluding hydrogens is 257 g/mol. The van der Waals surface area contributed by atoms with Crippen LogP contribution in [0, 0.1) is 12.7 Å². The summed E-state index contributed by atoms with van der Waals surface area (Å²) < 4.78 is 13.3. The van der Waals surface area contributed by atoms with E-state index < -0.39 is 0 Å². The van der Waals surface area contributed by atoms with Crippen LogP contribution in [-0.2, 0) is 6.42 Å². The molecule has 0 aliphatic heterocycles. The number of anilines is 3. The largest absolute Gasteiger partial charge is 0.340 e. The number of aryl methyl sites for hydroxylation is 1. The zero-order valence-electron chi connectivity index (χ0n) is 11.6. The first-order valence-corrected chi connectivity index (χ1v) is 6.49. The van der Waals surface area contributed by atoms with Gasteiger partial charge in [-0.1, -0.05) is 19.4 Å². The van der Waals surface area contributed by atoms with E-state index in [4.69, 9.17) is 5.84 Å². The number of nitrogens with zero attached hydrogens (tertiary/aromatic N) is 2. The van der Waals surface area contributed by atoms with Gasteiger partial charge in [0.15, 0.2) is 0 Å². The molecule has 5 nitrogen and oxygen atoms in total. The predicted molar refractivity (Wildman–Crippen MR) is 78.3 cm³/mol. The van der Waals surface area contributed by atoms with Gasteiger partial charge in [-0.15, -0.1) is 0 Å². The first-order valence-electron chi connectivity index (χ1n) is 6.49. The normalized spacial score (nSPS) is 10.4. The average Bonchev–Trinajstić information content (AvgIpc) is 2.45. The maximum Gasteiger partial charge on any atom is 0.148 e. The van der Waals surface area contributed by atoms with Crippen LogP contribution in [0.1, 0.15) is 24.5 Å². The van der Waals surface area contributed by atoms with Gasteiger partial charge >= 0.3 is 0 Å². The minimum atomic E-state index is -0.290. The zero-order chi connectivity index (χ0) is 14.5. The lowest BCUT2D eigenvalue weighted by atomic mass is 10.1. The van der Waals surface area contributed by atoms with Gasteiger partial charge in [-0.25, -0.2) is 20.2 Å². The van der Waals surface area contributed by atoms with E-state index in [1.807, 2.05) is 6.92 Å². The maximum absolute atomic E-state index is 13.3. The van der Waals surface area contributed by atoms with Gasteiger partial charge in [-0.2, -0.15) is 0 Å². The van der Waals surface area contributed by atoms with E-state index in [1.165, 1.54) is 18.5 Å². The lowest BCUT2D eigenvalue weighted by Gasteiger charge is -2.14. The van der Waals surface area contributed by atoms with Gasteiger partial charge in [0.1, 0.15) is 23.8 Å². The summed E-state index contributed by atoms with van der Waals surface area (Å²) in [4.78, 5) is 8.33. The Morgan fingerprint density at radius 1 is 1.25 bits per heavy atom. The lowest BCUT2D eigenvalue weighted by molar-refractivity contribution is 0.628. The average molecular weight is 275 g/mol. The summed E-state index contributed by atoms with van der Waals surface area (Å²) in [5.74, 6) is 6.40. The van der Waals surface area contributed by atoms with Crippen LogP contribution in [-0.4, -0.2) is 9.97 Å². The number of rotatable bonds is 5. The minimum Gasteiger partial charge on any atom is -0.340 e. The molecule has 1 aromatic heterocycles. The van der Waals surface area contributed by atoms with Crippen molar-refractivity contribution in [2.45, 2.75) is 26.7 Å². The third-order valence-corrected chi connectivity index (χ3v) is 3.03. The summed E-state index contributed by atoms with van der Waals surface area (Å²) in [6, 6.07) is 4.60. The maximum atomic E-state index is 13.3. The Hall–Kier alpha value is -2.21. The van der Waals surface area contributed by atoms with Crippen LogP contribution in [0.5, 0.6) is 0 Å². The van der Waals surface area contributed by atoms with Gasteiger partial charge in [0.2, 0.25) is 0 Å². The molecule has 0 spiro atoms. The SMILES string of the molecule is CCCc1c(NN)ncnc1Nc1cc(F)ccc1C. The second-order valence-corrected chi connectivity index (χ2v) is 4.53. The smallest absolute Gasteiger partial charge is 0.148 e. The molecule has 0 unspecified atom stereocenters. The quantitative estimate of drug-likeness (QED) is 0.578. The Kier molecular flexibility index (Phi) is 4.47. The summed E-state index contributed by atoms with van der Waals surface area (Å²) >= 11 is 0. The molecule has 106 valence electrons. The molecule has 0 radical (unpaired) electrons. The third-order valence-electron chi connectivity index (χ3n) is 3.03. The summed E-state index contributed by atoms with van der Waals surface area (Å²) in [6.07, 6.45) is 3.13. The molecule has 0 saturated carbocycles. The van der Waals surface area contributed by atoms with Crippen molar-refractivity contribution in [3.05, 3.63) is 41.5 Å². The van der Waals surface area contributed by atoms with E-state index >= 15 is 0 Å². The van der Waals surface area contributed by atoms with Crippen molar-refractivity contribution in [2.24, 2.45) is 5.84 Å². The van der Waals surface area contributed by atoms with Gasteiger partial charge in [-0.05, 0) is 31.0 Å². The molecular formula is C14H18FN5. The van der Waals surface area contributed by atoms with Crippen molar-refractivity contribution in [3.63, 3.8) is 0 Å². The fraction of sp³-hybridized carbons (Fsp3) is 0.286. The number of nitrogens with two attached hydrogens (primary N) is 1. The Balaban J connectivity index is 2.39. The highest BCUT2D eigenvalue weighted by Crippen LogP contribution is 2.26. The molecule has 0 fully saturated rings. The Morgan fingerprint density at radius 3 is 2.70 bits per heavy atom. The van der Waals surface area contributed by atoms with Crippen LogP contribution in [0.25, 0.3) is 0 Å². The Morgan fingerprint density at radius 2 is 2.00 bits per heavy atom. The molecule has 20 heavy (non-hydrogen) atoms. The van der Waals surface area contributed by atoms with Crippen molar-refractivity contribution >= 4 is 17.3 Å². The second-order valence-electron chi connectivity index (χ2n) is 4.53. The molecule has 0 bridgehead atoms. The minimum absolute atomic E-state index is 0.290. The van der Waals surface area contributed by atoms with Crippen LogP contribution in [0.2, 0.25) is 0 Å². The van der Waals surface area contributed by atoms with Crippen molar-refractivity contribution in [1.29, 1.82) is 0 Å². The van der Waals surface area contributed by atoms with Crippen molar-refractivity contribution in [2.75, 3.05) is 10.7 Å². The highest BCUT2D eigenvalue weighted by atomic mass is 19.1. The number of nitrogen functional groups attached to an aromatic ring is 1. The number of nitrogens with one attached hydrogen (secondary N) is 2. The summed E-state index contributed by atoms with van der Waals surface area (Å²) in [7, 11) is 0. The number of aromatic nitrogens is 2. The van der Waals surface area contributed by atoms with Crippen molar-refractivity contribution in [1.82, 2.24) is 9.97 Å². The molecule has 0 aliphatic carbocycles. The molecule has 0 atom stereocenters. The summed E-state index contributed by atoms with van der Waals surface area (Å²) in [5, 5.41) is 3.15. The first kappa shape index (κ1) is 14.2. The van der Waals surface area contributed by atoms with Gasteiger partial charge in [0.05, 0.1) is 0 Å². The van der Waals surface area contributed by atoms with Gasteiger partial charge in [0.25, 0.3) is 0 Å². The van der Waals surface area contributed by atoms with Gasteiger partial charge in [0, 0.05) is 11.3 Å².